The van der Waals surface area contributed by atoms with Crippen LogP contribution >= 0.6 is 50.1 Å². The highest BCUT2D eigenvalue weighted by Crippen LogP contribution is 2.28. The van der Waals surface area contributed by atoms with Crippen molar-refractivity contribution in [3.8, 4) is 11.5 Å². The smallest absolute Gasteiger partial charge is 0.180 e. The van der Waals surface area contributed by atoms with Crippen molar-refractivity contribution in [3.05, 3.63) is 49.7 Å². The van der Waals surface area contributed by atoms with Crippen molar-refractivity contribution in [3.63, 3.8) is 0 Å². The maximum atomic E-state index is 6.03. The van der Waals surface area contributed by atoms with Crippen molar-refractivity contribution in [1.29, 1.82) is 0 Å². The number of benzene rings is 1. The van der Waals surface area contributed by atoms with Crippen LogP contribution in [0.5, 0.6) is 0 Å². The van der Waals surface area contributed by atoms with Crippen LogP contribution in [0.25, 0.3) is 22.4 Å². The van der Waals surface area contributed by atoms with Gasteiger partial charge in [-0.25, -0.2) is 15.0 Å². The molecule has 0 atom stereocenters. The second-order valence-corrected chi connectivity index (χ2v) is 6.22. The van der Waals surface area contributed by atoms with E-state index in [1.54, 1.807) is 6.20 Å². The molecule has 2 heterocycles. The van der Waals surface area contributed by atoms with Crippen LogP contribution in [0.2, 0.25) is 5.15 Å². The van der Waals surface area contributed by atoms with Gasteiger partial charge in [0.25, 0.3) is 0 Å². The van der Waals surface area contributed by atoms with Gasteiger partial charge < -0.3 is 0 Å². The largest absolute Gasteiger partial charge is 0.243 e. The molecule has 0 aliphatic heterocycles. The Bertz CT molecular complexity index is 779. The zero-order valence-electron chi connectivity index (χ0n) is 9.44. The van der Waals surface area contributed by atoms with Gasteiger partial charge in [0, 0.05) is 16.1 Å². The molecule has 0 radical (unpaired) electrons. The molecule has 0 unspecified atom stereocenters. The van der Waals surface area contributed by atoms with Crippen LogP contribution < -0.4 is 0 Å². The summed E-state index contributed by atoms with van der Waals surface area (Å²) in [5, 5.41) is 1.50. The van der Waals surface area contributed by atoms with Gasteiger partial charge in [-0.1, -0.05) is 29.8 Å². The van der Waals surface area contributed by atoms with E-state index in [1.807, 2.05) is 30.3 Å². The first-order valence-corrected chi connectivity index (χ1v) is 7.64. The molecule has 3 nitrogen and oxygen atoms in total. The van der Waals surface area contributed by atoms with Crippen molar-refractivity contribution < 1.29 is 0 Å². The number of para-hydroxylation sites is 1. The fourth-order valence-electron chi connectivity index (χ4n) is 1.71. The molecular weight excluding hydrogens is 440 g/mol. The monoisotopic (exact) mass is 445 g/mol. The molecule has 0 fully saturated rings. The summed E-state index contributed by atoms with van der Waals surface area (Å²) >= 11 is 11.6. The maximum Gasteiger partial charge on any atom is 0.180 e. The molecule has 19 heavy (non-hydrogen) atoms. The van der Waals surface area contributed by atoms with Gasteiger partial charge in [-0.3, -0.25) is 0 Å². The minimum Gasteiger partial charge on any atom is -0.243 e. The van der Waals surface area contributed by atoms with Gasteiger partial charge in [0.15, 0.2) is 5.82 Å². The molecule has 3 aromatic rings. The lowest BCUT2D eigenvalue weighted by Gasteiger charge is -2.05. The minimum absolute atomic E-state index is 0.437. The molecule has 0 bridgehead atoms. The predicted molar refractivity (Wildman–Crippen MR) is 88.2 cm³/mol. The number of rotatable bonds is 1. The molecule has 0 aliphatic carbocycles. The molecule has 1 aromatic carbocycles. The van der Waals surface area contributed by atoms with E-state index in [0.29, 0.717) is 16.7 Å². The Morgan fingerprint density at radius 1 is 1.16 bits per heavy atom. The van der Waals surface area contributed by atoms with Crippen LogP contribution in [-0.2, 0) is 0 Å². The van der Waals surface area contributed by atoms with E-state index < -0.39 is 0 Å². The number of pyridine rings is 1. The molecule has 2 aromatic heterocycles. The Morgan fingerprint density at radius 3 is 2.74 bits per heavy atom. The lowest BCUT2D eigenvalue weighted by molar-refractivity contribution is 1.13. The van der Waals surface area contributed by atoms with E-state index in [1.165, 1.54) is 0 Å². The third-order valence-electron chi connectivity index (χ3n) is 2.59. The Labute approximate surface area is 136 Å². The fourth-order valence-corrected chi connectivity index (χ4v) is 2.61. The lowest BCUT2D eigenvalue weighted by Crippen LogP contribution is -1.95. The highest BCUT2D eigenvalue weighted by molar-refractivity contribution is 14.1. The van der Waals surface area contributed by atoms with E-state index in [2.05, 4.69) is 53.5 Å². The standard InChI is InChI=1S/C13H6BrClIN3/c14-8-5-7-3-1-2-4-10(7)18-11(8)13-17-6-9(16)12(15)19-13/h1-6H. The molecule has 0 spiro atoms. The van der Waals surface area contributed by atoms with E-state index in [4.69, 9.17) is 11.6 Å². The summed E-state index contributed by atoms with van der Waals surface area (Å²) in [7, 11) is 0. The van der Waals surface area contributed by atoms with Gasteiger partial charge in [0.1, 0.15) is 10.8 Å². The number of fused-ring (bicyclic) bond motifs is 1. The summed E-state index contributed by atoms with van der Waals surface area (Å²) in [6, 6.07) is 9.91. The van der Waals surface area contributed by atoms with Crippen LogP contribution in [0.1, 0.15) is 0 Å². The van der Waals surface area contributed by atoms with Gasteiger partial charge >= 0.3 is 0 Å². The molecule has 0 amide bonds. The van der Waals surface area contributed by atoms with E-state index in [-0.39, 0.29) is 0 Å². The molecule has 0 N–H and O–H groups in total. The summed E-state index contributed by atoms with van der Waals surface area (Å²) in [4.78, 5) is 13.1. The number of aromatic nitrogens is 3. The summed E-state index contributed by atoms with van der Waals surface area (Å²) in [6.07, 6.45) is 1.69. The number of hydrogen-bond donors (Lipinski definition) is 0. The summed E-state index contributed by atoms with van der Waals surface area (Å²) in [5.41, 5.74) is 1.59. The van der Waals surface area contributed by atoms with Gasteiger partial charge in [-0.2, -0.15) is 0 Å². The third-order valence-corrected chi connectivity index (χ3v) is 4.59. The SMILES string of the molecule is Clc1nc(-c2nc3ccccc3cc2Br)ncc1I. The van der Waals surface area contributed by atoms with Gasteiger partial charge in [0.05, 0.1) is 9.09 Å². The van der Waals surface area contributed by atoms with Crippen molar-refractivity contribution in [2.75, 3.05) is 0 Å². The topological polar surface area (TPSA) is 38.7 Å². The molecular formula is C13H6BrClIN3. The Morgan fingerprint density at radius 2 is 1.95 bits per heavy atom. The van der Waals surface area contributed by atoms with E-state index in [0.717, 1.165) is 18.9 Å². The van der Waals surface area contributed by atoms with Crippen molar-refractivity contribution in [2.45, 2.75) is 0 Å². The average molecular weight is 446 g/mol. The highest BCUT2D eigenvalue weighted by Gasteiger charge is 2.11. The molecule has 3 rings (SSSR count). The van der Waals surface area contributed by atoms with Crippen LogP contribution in [0.4, 0.5) is 0 Å². The molecule has 0 saturated carbocycles. The summed E-state index contributed by atoms with van der Waals surface area (Å²) in [6.45, 7) is 0. The van der Waals surface area contributed by atoms with Crippen LogP contribution in [0.15, 0.2) is 41.0 Å². The first-order valence-electron chi connectivity index (χ1n) is 5.39. The Kier molecular flexibility index (Phi) is 3.68. The average Bonchev–Trinajstić information content (AvgIpc) is 2.41. The summed E-state index contributed by atoms with van der Waals surface area (Å²) in [5.74, 6) is 0.517. The first-order chi connectivity index (χ1) is 9.15. The normalized spacial score (nSPS) is 10.9. The zero-order valence-corrected chi connectivity index (χ0v) is 13.9. The maximum absolute atomic E-state index is 6.03. The Balaban J connectivity index is 2.23. The second-order valence-electron chi connectivity index (χ2n) is 3.84. The molecule has 0 saturated heterocycles. The predicted octanol–water partition coefficient (Wildman–Crippen LogP) is 4.71. The van der Waals surface area contributed by atoms with Gasteiger partial charge in [-0.15, -0.1) is 0 Å². The van der Waals surface area contributed by atoms with Gasteiger partial charge in [-0.05, 0) is 50.7 Å². The first kappa shape index (κ1) is 13.2. The van der Waals surface area contributed by atoms with Crippen molar-refractivity contribution in [2.24, 2.45) is 0 Å². The second kappa shape index (κ2) is 5.30. The van der Waals surface area contributed by atoms with Crippen molar-refractivity contribution in [1.82, 2.24) is 15.0 Å². The quantitative estimate of drug-likeness (QED) is 0.401. The number of hydrogen-bond acceptors (Lipinski definition) is 3. The zero-order chi connectivity index (χ0) is 13.4. The third kappa shape index (κ3) is 2.59. The minimum atomic E-state index is 0.437. The fraction of sp³-hybridized carbons (Fsp3) is 0. The molecule has 6 heteroatoms. The molecule has 94 valence electrons. The van der Waals surface area contributed by atoms with Crippen LogP contribution in [0.3, 0.4) is 0 Å². The van der Waals surface area contributed by atoms with Crippen LogP contribution in [-0.4, -0.2) is 15.0 Å². The van der Waals surface area contributed by atoms with Crippen LogP contribution in [0, 0.1) is 3.57 Å². The van der Waals surface area contributed by atoms with E-state index in [9.17, 15) is 0 Å². The molecule has 0 aliphatic rings. The summed E-state index contributed by atoms with van der Waals surface area (Å²) < 4.78 is 1.67. The Hall–Kier alpha value is -0.790. The van der Waals surface area contributed by atoms with Gasteiger partial charge in [0.2, 0.25) is 0 Å². The van der Waals surface area contributed by atoms with E-state index >= 15 is 0 Å². The highest BCUT2D eigenvalue weighted by atomic mass is 127. The number of nitrogens with zero attached hydrogens (tertiary/aromatic N) is 3. The number of halogens is 3. The lowest BCUT2D eigenvalue weighted by atomic mass is 10.2. The van der Waals surface area contributed by atoms with Crippen molar-refractivity contribution >= 4 is 61.0 Å².